The molecule has 1 heterocycles. The number of piperidine rings is 1. The summed E-state index contributed by atoms with van der Waals surface area (Å²) in [6.45, 7) is 4.32. The van der Waals surface area contributed by atoms with E-state index in [1.165, 1.54) is 4.90 Å². The Labute approximate surface area is 101 Å². The van der Waals surface area contributed by atoms with Crippen LogP contribution < -0.4 is 5.32 Å². The van der Waals surface area contributed by atoms with E-state index in [2.05, 4.69) is 5.32 Å². The Morgan fingerprint density at radius 2 is 1.81 bits per heavy atom. The third-order valence-electron chi connectivity index (χ3n) is 2.79. The quantitative estimate of drug-likeness (QED) is 0.834. The van der Waals surface area contributed by atoms with Gasteiger partial charge in [0.25, 0.3) is 0 Å². The lowest BCUT2D eigenvalue weighted by molar-refractivity contribution is -0.148. The third kappa shape index (κ3) is 6.55. The van der Waals surface area contributed by atoms with Crippen molar-refractivity contribution in [3.8, 4) is 0 Å². The highest BCUT2D eigenvalue weighted by atomic mass is 35.5. The van der Waals surface area contributed by atoms with Gasteiger partial charge in [-0.15, -0.1) is 12.4 Å². The number of rotatable bonds is 4. The van der Waals surface area contributed by atoms with Gasteiger partial charge in [-0.05, 0) is 44.9 Å². The predicted molar refractivity (Wildman–Crippen MR) is 61.0 cm³/mol. The van der Waals surface area contributed by atoms with Crippen molar-refractivity contribution in [3.63, 3.8) is 0 Å². The number of alkyl halides is 3. The molecule has 1 aliphatic heterocycles. The highest BCUT2D eigenvalue weighted by Crippen LogP contribution is 2.21. The molecular formula is C10H20ClF3N2. The number of likely N-dealkylation sites (tertiary alicyclic amines) is 1. The van der Waals surface area contributed by atoms with Crippen LogP contribution >= 0.6 is 12.4 Å². The number of halogens is 4. The summed E-state index contributed by atoms with van der Waals surface area (Å²) < 4.78 is 36.3. The molecule has 1 saturated heterocycles. The molecule has 2 nitrogen and oxygen atoms in total. The fraction of sp³-hybridized carbons (Fsp3) is 1.00. The van der Waals surface area contributed by atoms with Crippen LogP contribution in [-0.4, -0.2) is 43.8 Å². The van der Waals surface area contributed by atoms with Crippen LogP contribution in [0.15, 0.2) is 0 Å². The van der Waals surface area contributed by atoms with Crippen molar-refractivity contribution in [2.45, 2.75) is 25.9 Å². The summed E-state index contributed by atoms with van der Waals surface area (Å²) in [4.78, 5) is 1.50. The Hall–Kier alpha value is -0.0000000000000000555. The molecule has 16 heavy (non-hydrogen) atoms. The Morgan fingerprint density at radius 1 is 1.25 bits per heavy atom. The summed E-state index contributed by atoms with van der Waals surface area (Å²) >= 11 is 0. The maximum atomic E-state index is 12.1. The lowest BCUT2D eigenvalue weighted by atomic mass is 9.97. The molecular weight excluding hydrogens is 241 g/mol. The van der Waals surface area contributed by atoms with E-state index in [0.29, 0.717) is 19.0 Å². The van der Waals surface area contributed by atoms with Gasteiger partial charge in [0, 0.05) is 0 Å². The molecule has 1 rings (SSSR count). The molecule has 0 saturated carbocycles. The van der Waals surface area contributed by atoms with Crippen LogP contribution in [0.5, 0.6) is 0 Å². The van der Waals surface area contributed by atoms with Gasteiger partial charge in [-0.1, -0.05) is 6.92 Å². The van der Waals surface area contributed by atoms with Crippen LogP contribution in [0.4, 0.5) is 13.2 Å². The van der Waals surface area contributed by atoms with Gasteiger partial charge in [0.1, 0.15) is 0 Å². The van der Waals surface area contributed by atoms with Crippen LogP contribution in [0, 0.1) is 5.92 Å². The summed E-state index contributed by atoms with van der Waals surface area (Å²) in [6.07, 6.45) is -2.29. The summed E-state index contributed by atoms with van der Waals surface area (Å²) in [6, 6.07) is 0. The van der Waals surface area contributed by atoms with E-state index in [1.54, 1.807) is 0 Å². The van der Waals surface area contributed by atoms with Crippen molar-refractivity contribution < 1.29 is 13.2 Å². The van der Waals surface area contributed by atoms with Gasteiger partial charge in [-0.2, -0.15) is 13.2 Å². The van der Waals surface area contributed by atoms with E-state index in [9.17, 15) is 13.2 Å². The molecule has 1 aliphatic rings. The van der Waals surface area contributed by atoms with Crippen molar-refractivity contribution in [2.24, 2.45) is 5.92 Å². The largest absolute Gasteiger partial charge is 0.401 e. The van der Waals surface area contributed by atoms with Crippen molar-refractivity contribution in [2.75, 3.05) is 32.7 Å². The fourth-order valence-corrected chi connectivity index (χ4v) is 1.95. The van der Waals surface area contributed by atoms with Gasteiger partial charge in [0.05, 0.1) is 6.54 Å². The van der Waals surface area contributed by atoms with Gasteiger partial charge in [0.2, 0.25) is 0 Å². The second kappa shape index (κ2) is 7.35. The summed E-state index contributed by atoms with van der Waals surface area (Å²) in [7, 11) is 0. The maximum absolute atomic E-state index is 12.1. The molecule has 1 N–H and O–H groups in total. The van der Waals surface area contributed by atoms with Gasteiger partial charge in [0.15, 0.2) is 0 Å². The summed E-state index contributed by atoms with van der Waals surface area (Å²) in [5, 5.41) is 3.24. The summed E-state index contributed by atoms with van der Waals surface area (Å²) in [5.74, 6) is 0.550. The average Bonchev–Trinajstić information content (AvgIpc) is 2.14. The second-order valence-electron chi connectivity index (χ2n) is 4.14. The lowest BCUT2D eigenvalue weighted by Gasteiger charge is -2.32. The minimum atomic E-state index is -4.05. The first kappa shape index (κ1) is 16.0. The normalized spacial score (nSPS) is 19.5. The Balaban J connectivity index is 0.00000225. The van der Waals surface area contributed by atoms with Gasteiger partial charge in [-0.3, -0.25) is 4.90 Å². The lowest BCUT2D eigenvalue weighted by Crippen LogP contribution is -2.41. The number of nitrogens with one attached hydrogen (secondary N) is 1. The Kier molecular flexibility index (Phi) is 7.35. The predicted octanol–water partition coefficient (Wildman–Crippen LogP) is 2.29. The third-order valence-corrected chi connectivity index (χ3v) is 2.79. The van der Waals surface area contributed by atoms with Gasteiger partial charge in [-0.25, -0.2) is 0 Å². The molecule has 0 atom stereocenters. The molecule has 6 heteroatoms. The van der Waals surface area contributed by atoms with E-state index >= 15 is 0 Å². The smallest absolute Gasteiger partial charge is 0.317 e. The van der Waals surface area contributed by atoms with Crippen molar-refractivity contribution in [1.82, 2.24) is 10.2 Å². The summed E-state index contributed by atoms with van der Waals surface area (Å²) in [5.41, 5.74) is 0. The molecule has 0 aromatic carbocycles. The van der Waals surface area contributed by atoms with Gasteiger partial charge >= 0.3 is 6.18 Å². The number of hydrogen-bond donors (Lipinski definition) is 1. The topological polar surface area (TPSA) is 15.3 Å². The van der Waals surface area contributed by atoms with E-state index in [1.807, 2.05) is 6.92 Å². The number of hydrogen-bond acceptors (Lipinski definition) is 2. The molecule has 0 spiro atoms. The molecule has 0 aliphatic carbocycles. The van der Waals surface area contributed by atoms with Crippen LogP contribution in [0.1, 0.15) is 19.8 Å². The standard InChI is InChI=1S/C10H19F3N2.ClH/c1-2-14-7-9-3-5-15(6-4-9)8-10(11,12)13;/h9,14H,2-8H2,1H3;1H. The van der Waals surface area contributed by atoms with E-state index in [0.717, 1.165) is 25.9 Å². The molecule has 0 amide bonds. The van der Waals surface area contributed by atoms with Crippen LogP contribution in [-0.2, 0) is 0 Å². The minimum Gasteiger partial charge on any atom is -0.317 e. The SMILES string of the molecule is CCNCC1CCN(CC(F)(F)F)CC1.Cl. The molecule has 0 bridgehead atoms. The highest BCUT2D eigenvalue weighted by Gasteiger charge is 2.32. The molecule has 1 fully saturated rings. The van der Waals surface area contributed by atoms with Crippen molar-refractivity contribution in [3.05, 3.63) is 0 Å². The maximum Gasteiger partial charge on any atom is 0.401 e. The average molecular weight is 261 g/mol. The molecule has 98 valence electrons. The second-order valence-corrected chi connectivity index (χ2v) is 4.14. The van der Waals surface area contributed by atoms with Crippen LogP contribution in [0.2, 0.25) is 0 Å². The van der Waals surface area contributed by atoms with Crippen LogP contribution in [0.25, 0.3) is 0 Å². The minimum absolute atomic E-state index is 0. The first-order valence-electron chi connectivity index (χ1n) is 5.51. The van der Waals surface area contributed by atoms with Gasteiger partial charge < -0.3 is 5.32 Å². The Bertz CT molecular complexity index is 179. The van der Waals surface area contributed by atoms with Crippen LogP contribution in [0.3, 0.4) is 0 Å². The molecule has 0 aromatic heterocycles. The zero-order chi connectivity index (χ0) is 11.3. The Morgan fingerprint density at radius 3 is 2.25 bits per heavy atom. The molecule has 0 radical (unpaired) electrons. The fourth-order valence-electron chi connectivity index (χ4n) is 1.95. The van der Waals surface area contributed by atoms with E-state index in [4.69, 9.17) is 0 Å². The molecule has 0 aromatic rings. The first-order valence-corrected chi connectivity index (χ1v) is 5.51. The highest BCUT2D eigenvalue weighted by molar-refractivity contribution is 5.85. The monoisotopic (exact) mass is 260 g/mol. The van der Waals surface area contributed by atoms with E-state index < -0.39 is 12.7 Å². The zero-order valence-electron chi connectivity index (χ0n) is 9.52. The van der Waals surface area contributed by atoms with Crippen molar-refractivity contribution in [1.29, 1.82) is 0 Å². The number of nitrogens with zero attached hydrogens (tertiary/aromatic N) is 1. The first-order chi connectivity index (χ1) is 7.01. The van der Waals surface area contributed by atoms with E-state index in [-0.39, 0.29) is 12.4 Å². The molecule has 0 unspecified atom stereocenters. The van der Waals surface area contributed by atoms with Crippen molar-refractivity contribution >= 4 is 12.4 Å². The zero-order valence-corrected chi connectivity index (χ0v) is 10.3.